The third-order valence-corrected chi connectivity index (χ3v) is 6.10. The van der Waals surface area contributed by atoms with Crippen molar-refractivity contribution in [1.82, 2.24) is 9.55 Å². The van der Waals surface area contributed by atoms with Gasteiger partial charge in [-0.3, -0.25) is 4.79 Å². The number of hydrogen-bond acceptors (Lipinski definition) is 3. The van der Waals surface area contributed by atoms with Gasteiger partial charge >= 0.3 is 0 Å². The van der Waals surface area contributed by atoms with E-state index in [2.05, 4.69) is 57.5 Å². The molecule has 1 aromatic heterocycles. The van der Waals surface area contributed by atoms with Gasteiger partial charge in [0.2, 0.25) is 0 Å². The zero-order chi connectivity index (χ0) is 16.6. The highest BCUT2D eigenvalue weighted by Gasteiger charge is 2.27. The van der Waals surface area contributed by atoms with Crippen LogP contribution < -0.4 is 5.56 Å². The van der Waals surface area contributed by atoms with Crippen LogP contribution in [0.3, 0.4) is 0 Å². The number of thioether (sulfide) groups is 1. The van der Waals surface area contributed by atoms with Crippen LogP contribution in [0.5, 0.6) is 0 Å². The fourth-order valence-electron chi connectivity index (χ4n) is 3.34. The maximum Gasteiger partial charge on any atom is 0.277 e. The van der Waals surface area contributed by atoms with Gasteiger partial charge in [-0.2, -0.15) is 4.98 Å². The number of aromatic nitrogens is 2. The normalized spacial score (nSPS) is 16.6. The van der Waals surface area contributed by atoms with Gasteiger partial charge in [-0.1, -0.05) is 63.9 Å². The summed E-state index contributed by atoms with van der Waals surface area (Å²) < 4.78 is 2.29. The van der Waals surface area contributed by atoms with Crippen molar-refractivity contribution < 1.29 is 0 Å². The van der Waals surface area contributed by atoms with Crippen molar-refractivity contribution in [3.05, 3.63) is 56.5 Å². The van der Waals surface area contributed by atoms with Crippen molar-refractivity contribution in [3.63, 3.8) is 0 Å². The average Bonchev–Trinajstić information content (AvgIpc) is 2.89. The van der Waals surface area contributed by atoms with E-state index in [1.54, 1.807) is 11.8 Å². The van der Waals surface area contributed by atoms with E-state index in [1.807, 2.05) is 6.92 Å². The second-order valence-electron chi connectivity index (χ2n) is 6.14. The quantitative estimate of drug-likeness (QED) is 0.581. The number of alkyl halides is 1. The highest BCUT2D eigenvalue weighted by Crippen LogP contribution is 2.35. The molecule has 3 rings (SSSR count). The summed E-state index contributed by atoms with van der Waals surface area (Å²) in [5.74, 6) is 0.977. The Bertz CT molecular complexity index is 780. The van der Waals surface area contributed by atoms with Crippen LogP contribution >= 0.6 is 27.7 Å². The van der Waals surface area contributed by atoms with Gasteiger partial charge in [0.1, 0.15) is 0 Å². The number of aryl methyl sites for hydroxylation is 2. The maximum absolute atomic E-state index is 12.4. The number of hydrogen-bond donors (Lipinski definition) is 0. The lowest BCUT2D eigenvalue weighted by Gasteiger charge is -2.20. The molecule has 1 atom stereocenters. The maximum atomic E-state index is 12.4. The van der Waals surface area contributed by atoms with Crippen LogP contribution in [0.1, 0.15) is 40.9 Å². The van der Waals surface area contributed by atoms with E-state index in [1.165, 1.54) is 16.7 Å². The van der Waals surface area contributed by atoms with Gasteiger partial charge in [-0.15, -0.1) is 0 Å². The summed E-state index contributed by atoms with van der Waals surface area (Å²) >= 11 is 5.30. The van der Waals surface area contributed by atoms with E-state index >= 15 is 0 Å². The third-order valence-electron chi connectivity index (χ3n) is 4.26. The largest absolute Gasteiger partial charge is 0.319 e. The Labute approximate surface area is 149 Å². The molecular weight excluding hydrogens is 372 g/mol. The summed E-state index contributed by atoms with van der Waals surface area (Å²) in [6, 6.07) is 6.99. The molecule has 23 heavy (non-hydrogen) atoms. The fourth-order valence-corrected chi connectivity index (χ4v) is 5.32. The second-order valence-corrected chi connectivity index (χ2v) is 7.77. The number of nitrogens with zero attached hydrogens (tertiary/aromatic N) is 2. The molecule has 0 radical (unpaired) electrons. The molecule has 122 valence electrons. The molecular formula is C18H21BrN2OS. The van der Waals surface area contributed by atoms with Gasteiger partial charge in [0.05, 0.1) is 6.04 Å². The molecule has 0 saturated carbocycles. The lowest BCUT2D eigenvalue weighted by Crippen LogP contribution is -2.25. The molecule has 1 aromatic carbocycles. The fraction of sp³-hybridized carbons (Fsp3) is 0.444. The monoisotopic (exact) mass is 392 g/mol. The van der Waals surface area contributed by atoms with Crippen molar-refractivity contribution in [2.75, 3.05) is 11.1 Å². The molecule has 2 heterocycles. The Hall–Kier alpha value is -1.07. The van der Waals surface area contributed by atoms with Crippen LogP contribution in [0.15, 0.2) is 28.2 Å². The van der Waals surface area contributed by atoms with Crippen LogP contribution in [0.2, 0.25) is 0 Å². The van der Waals surface area contributed by atoms with E-state index in [-0.39, 0.29) is 5.56 Å². The smallest absolute Gasteiger partial charge is 0.277 e. The lowest BCUT2D eigenvalue weighted by molar-refractivity contribution is 0.537. The molecule has 0 spiro atoms. The summed E-state index contributed by atoms with van der Waals surface area (Å²) in [4.78, 5) is 16.7. The summed E-state index contributed by atoms with van der Waals surface area (Å²) in [6.45, 7) is 6.29. The summed E-state index contributed by atoms with van der Waals surface area (Å²) in [7, 11) is 0. The van der Waals surface area contributed by atoms with Crippen LogP contribution in [0.4, 0.5) is 0 Å². The van der Waals surface area contributed by atoms with Crippen LogP contribution in [0.25, 0.3) is 0 Å². The third kappa shape index (κ3) is 3.26. The number of halogens is 1. The average molecular weight is 393 g/mol. The van der Waals surface area contributed by atoms with E-state index in [0.717, 1.165) is 40.3 Å². The molecule has 0 bridgehead atoms. The highest BCUT2D eigenvalue weighted by molar-refractivity contribution is 9.09. The summed E-state index contributed by atoms with van der Waals surface area (Å²) in [5.41, 5.74) is 5.75. The second kappa shape index (κ2) is 6.81. The van der Waals surface area contributed by atoms with Crippen molar-refractivity contribution in [2.24, 2.45) is 0 Å². The van der Waals surface area contributed by atoms with Gasteiger partial charge in [0, 0.05) is 28.8 Å². The van der Waals surface area contributed by atoms with Crippen molar-refractivity contribution >= 4 is 27.7 Å². The summed E-state index contributed by atoms with van der Waals surface area (Å²) in [6.07, 6.45) is 1.52. The van der Waals surface area contributed by atoms with Gasteiger partial charge in [0.15, 0.2) is 5.16 Å². The predicted molar refractivity (Wildman–Crippen MR) is 100 cm³/mol. The summed E-state index contributed by atoms with van der Waals surface area (Å²) in [5, 5.41) is 1.76. The first kappa shape index (κ1) is 16.8. The molecule has 0 aliphatic carbocycles. The van der Waals surface area contributed by atoms with Crippen molar-refractivity contribution in [1.29, 1.82) is 0 Å². The highest BCUT2D eigenvalue weighted by atomic mass is 79.9. The number of rotatable bonds is 4. The van der Waals surface area contributed by atoms with Gasteiger partial charge in [-0.25, -0.2) is 0 Å². The minimum Gasteiger partial charge on any atom is -0.319 e. The Morgan fingerprint density at radius 2 is 2.00 bits per heavy atom. The zero-order valence-corrected chi connectivity index (χ0v) is 16.1. The SMILES string of the molecule is CCc1c(Cc2cc(C)cc(C)c2)n2c(nc1=O)SCC2CBr. The Morgan fingerprint density at radius 1 is 1.30 bits per heavy atom. The Kier molecular flexibility index (Phi) is 4.97. The molecule has 1 aliphatic heterocycles. The minimum absolute atomic E-state index is 0.0548. The first-order valence-corrected chi connectivity index (χ1v) is 10.0. The number of fused-ring (bicyclic) bond motifs is 1. The van der Waals surface area contributed by atoms with E-state index in [9.17, 15) is 4.79 Å². The molecule has 1 aliphatic rings. The molecule has 1 unspecified atom stereocenters. The van der Waals surface area contributed by atoms with Crippen molar-refractivity contribution in [3.8, 4) is 0 Å². The molecule has 0 amide bonds. The molecule has 2 aromatic rings. The zero-order valence-electron chi connectivity index (χ0n) is 13.7. The van der Waals surface area contributed by atoms with E-state index in [0.29, 0.717) is 6.04 Å². The van der Waals surface area contributed by atoms with Crippen molar-refractivity contribution in [2.45, 2.75) is 44.8 Å². The first-order valence-electron chi connectivity index (χ1n) is 7.93. The molecule has 3 nitrogen and oxygen atoms in total. The molecule has 0 fully saturated rings. The van der Waals surface area contributed by atoms with Gasteiger partial charge in [0.25, 0.3) is 5.56 Å². The molecule has 0 saturated heterocycles. The topological polar surface area (TPSA) is 34.9 Å². The van der Waals surface area contributed by atoms with Crippen LogP contribution in [-0.2, 0) is 12.8 Å². The Balaban J connectivity index is 2.15. The van der Waals surface area contributed by atoms with E-state index < -0.39 is 0 Å². The van der Waals surface area contributed by atoms with E-state index in [4.69, 9.17) is 0 Å². The predicted octanol–water partition coefficient (Wildman–Crippen LogP) is 4.06. The Morgan fingerprint density at radius 3 is 2.61 bits per heavy atom. The number of benzene rings is 1. The first-order chi connectivity index (χ1) is 11.0. The lowest BCUT2D eigenvalue weighted by atomic mass is 10.00. The molecule has 5 heteroatoms. The molecule has 0 N–H and O–H groups in total. The van der Waals surface area contributed by atoms with Crippen LogP contribution in [-0.4, -0.2) is 20.6 Å². The van der Waals surface area contributed by atoms with Crippen LogP contribution in [0, 0.1) is 13.8 Å². The minimum atomic E-state index is -0.0548. The van der Waals surface area contributed by atoms with Gasteiger partial charge in [-0.05, 0) is 25.8 Å². The standard InChI is InChI=1S/C18H21BrN2OS/c1-4-15-16(8-13-6-11(2)5-12(3)7-13)21-14(9-19)10-23-18(21)20-17(15)22/h5-7,14H,4,8-10H2,1-3H3. The van der Waals surface area contributed by atoms with Gasteiger partial charge < -0.3 is 4.57 Å².